The van der Waals surface area contributed by atoms with Crippen LogP contribution in [0.2, 0.25) is 0 Å². The largest absolute Gasteiger partial charge is 0.379 e. The molecule has 4 bridgehead atoms. The predicted octanol–water partition coefficient (Wildman–Crippen LogP) is 1.86. The summed E-state index contributed by atoms with van der Waals surface area (Å²) in [5.74, 6) is 2.40. The number of rotatable bonds is 9. The van der Waals surface area contributed by atoms with Gasteiger partial charge >= 0.3 is 0 Å². The highest BCUT2D eigenvalue weighted by Gasteiger charge is 2.51. The van der Waals surface area contributed by atoms with E-state index in [1.807, 2.05) is 32.0 Å². The summed E-state index contributed by atoms with van der Waals surface area (Å²) in [6.45, 7) is 5.77. The number of ether oxygens (including phenoxy) is 1. The van der Waals surface area contributed by atoms with Gasteiger partial charge in [-0.1, -0.05) is 12.1 Å². The molecular weight excluding hydrogens is 390 g/mol. The van der Waals surface area contributed by atoms with Crippen molar-refractivity contribution < 1.29 is 19.2 Å². The van der Waals surface area contributed by atoms with Crippen molar-refractivity contribution in [3.63, 3.8) is 0 Å². The number of benzene rings is 1. The summed E-state index contributed by atoms with van der Waals surface area (Å²) in [5, 5.41) is 6.46. The number of hydrogen-bond acceptors (Lipinski definition) is 3. The molecular formula is C25H38N3O3+. The molecule has 0 heterocycles. The van der Waals surface area contributed by atoms with Crippen LogP contribution in [0.5, 0.6) is 0 Å². The standard InChI is InChI=1S/C25H37N3O3/c1-17-5-4-6-22(18(17)2)26-23(29)15-28(7-8-31-3)16-24(30)27-25-12-19-9-20(13-25)11-21(10-19)14-25/h4-6,19-21H,7-16H2,1-3H3,(H,26,29)(H,27,30)/p+1. The normalized spacial score (nSPS) is 29.6. The molecule has 0 spiro atoms. The molecule has 4 aliphatic rings. The number of nitrogens with one attached hydrogen (secondary N) is 3. The SMILES string of the molecule is COCC[NH+](CC(=O)Nc1cccc(C)c1C)CC(=O)NC12CC3CC(CC(C3)C1)C2. The van der Waals surface area contributed by atoms with E-state index in [-0.39, 0.29) is 23.9 Å². The average Bonchev–Trinajstić information content (AvgIpc) is 2.68. The van der Waals surface area contributed by atoms with Gasteiger partial charge in [-0.15, -0.1) is 0 Å². The second-order valence-corrected chi connectivity index (χ2v) is 10.4. The molecule has 4 fully saturated rings. The van der Waals surface area contributed by atoms with Crippen molar-refractivity contribution in [2.75, 3.05) is 38.7 Å². The quantitative estimate of drug-likeness (QED) is 0.562. The van der Waals surface area contributed by atoms with Gasteiger partial charge in [0.15, 0.2) is 13.1 Å². The van der Waals surface area contributed by atoms with Crippen molar-refractivity contribution >= 4 is 17.5 Å². The molecule has 5 rings (SSSR count). The zero-order valence-corrected chi connectivity index (χ0v) is 19.3. The number of amides is 2. The molecule has 170 valence electrons. The minimum atomic E-state index is -0.0672. The second-order valence-electron chi connectivity index (χ2n) is 10.4. The molecule has 0 aliphatic heterocycles. The maximum Gasteiger partial charge on any atom is 0.279 e. The Kier molecular flexibility index (Phi) is 6.68. The van der Waals surface area contributed by atoms with Gasteiger partial charge < -0.3 is 20.3 Å². The van der Waals surface area contributed by atoms with Crippen LogP contribution in [0.3, 0.4) is 0 Å². The molecule has 6 heteroatoms. The van der Waals surface area contributed by atoms with Gasteiger partial charge in [0.05, 0.1) is 6.61 Å². The van der Waals surface area contributed by atoms with Crippen LogP contribution in [-0.4, -0.2) is 50.7 Å². The lowest BCUT2D eigenvalue weighted by molar-refractivity contribution is -0.884. The maximum atomic E-state index is 13.0. The molecule has 4 aliphatic carbocycles. The van der Waals surface area contributed by atoms with Crippen LogP contribution < -0.4 is 15.5 Å². The van der Waals surface area contributed by atoms with Gasteiger partial charge in [-0.05, 0) is 87.3 Å². The molecule has 3 N–H and O–H groups in total. The van der Waals surface area contributed by atoms with E-state index in [4.69, 9.17) is 4.74 Å². The minimum absolute atomic E-state index is 0.0130. The van der Waals surface area contributed by atoms with Gasteiger partial charge in [0.1, 0.15) is 6.54 Å². The number of quaternary nitrogens is 1. The fraction of sp³-hybridized carbons (Fsp3) is 0.680. The predicted molar refractivity (Wildman–Crippen MR) is 121 cm³/mol. The van der Waals surface area contributed by atoms with Crippen LogP contribution in [0.25, 0.3) is 0 Å². The van der Waals surface area contributed by atoms with Crippen molar-refractivity contribution in [2.24, 2.45) is 17.8 Å². The van der Waals surface area contributed by atoms with Gasteiger partial charge in [-0.3, -0.25) is 9.59 Å². The van der Waals surface area contributed by atoms with Crippen molar-refractivity contribution in [1.29, 1.82) is 0 Å². The first-order chi connectivity index (χ1) is 14.9. The Labute approximate surface area is 186 Å². The fourth-order valence-corrected chi connectivity index (χ4v) is 6.62. The molecule has 31 heavy (non-hydrogen) atoms. The summed E-state index contributed by atoms with van der Waals surface area (Å²) in [4.78, 5) is 26.7. The molecule has 2 amide bonds. The number of methoxy groups -OCH3 is 1. The third-order valence-electron chi connectivity index (χ3n) is 7.80. The van der Waals surface area contributed by atoms with Gasteiger partial charge in [0.25, 0.3) is 11.8 Å². The van der Waals surface area contributed by atoms with Crippen LogP contribution in [0.1, 0.15) is 49.7 Å². The summed E-state index contributed by atoms with van der Waals surface area (Å²) < 4.78 is 5.24. The number of hydrogen-bond donors (Lipinski definition) is 3. The number of anilines is 1. The molecule has 0 aromatic heterocycles. The van der Waals surface area contributed by atoms with Crippen LogP contribution in [0.15, 0.2) is 18.2 Å². The van der Waals surface area contributed by atoms with E-state index in [1.165, 1.54) is 19.3 Å². The van der Waals surface area contributed by atoms with Gasteiger partial charge in [-0.25, -0.2) is 0 Å². The molecule has 0 radical (unpaired) electrons. The zero-order chi connectivity index (χ0) is 22.0. The van der Waals surface area contributed by atoms with Crippen molar-refractivity contribution in [3.05, 3.63) is 29.3 Å². The Morgan fingerprint density at radius 3 is 2.26 bits per heavy atom. The smallest absolute Gasteiger partial charge is 0.279 e. The number of carbonyl (C=O) groups is 2. The van der Waals surface area contributed by atoms with E-state index in [0.717, 1.165) is 58.7 Å². The zero-order valence-electron chi connectivity index (χ0n) is 19.3. The second kappa shape index (κ2) is 9.29. The highest BCUT2D eigenvalue weighted by molar-refractivity contribution is 5.92. The summed E-state index contributed by atoms with van der Waals surface area (Å²) in [6, 6.07) is 5.91. The molecule has 1 unspecified atom stereocenters. The Hall–Kier alpha value is -1.92. The summed E-state index contributed by atoms with van der Waals surface area (Å²) in [7, 11) is 1.66. The van der Waals surface area contributed by atoms with Gasteiger partial charge in [0, 0.05) is 18.3 Å². The fourth-order valence-electron chi connectivity index (χ4n) is 6.62. The first kappa shape index (κ1) is 22.3. The van der Waals surface area contributed by atoms with Crippen LogP contribution in [0.4, 0.5) is 5.69 Å². The first-order valence-corrected chi connectivity index (χ1v) is 11.9. The van der Waals surface area contributed by atoms with E-state index >= 15 is 0 Å². The highest BCUT2D eigenvalue weighted by Crippen LogP contribution is 2.55. The van der Waals surface area contributed by atoms with Gasteiger partial charge in [0.2, 0.25) is 0 Å². The average molecular weight is 429 g/mol. The lowest BCUT2D eigenvalue weighted by Gasteiger charge is -2.56. The molecule has 1 atom stereocenters. The van der Waals surface area contributed by atoms with Gasteiger partial charge in [-0.2, -0.15) is 0 Å². The van der Waals surface area contributed by atoms with Crippen LogP contribution in [0, 0.1) is 31.6 Å². The molecule has 6 nitrogen and oxygen atoms in total. The topological polar surface area (TPSA) is 71.9 Å². The van der Waals surface area contributed by atoms with E-state index in [2.05, 4.69) is 10.6 Å². The summed E-state index contributed by atoms with van der Waals surface area (Å²) >= 11 is 0. The lowest BCUT2D eigenvalue weighted by Crippen LogP contribution is -3.14. The van der Waals surface area contributed by atoms with Crippen LogP contribution in [-0.2, 0) is 14.3 Å². The van der Waals surface area contributed by atoms with E-state index < -0.39 is 0 Å². The van der Waals surface area contributed by atoms with Crippen molar-refractivity contribution in [1.82, 2.24) is 5.32 Å². The number of carbonyl (C=O) groups excluding carboxylic acids is 2. The monoisotopic (exact) mass is 428 g/mol. The highest BCUT2D eigenvalue weighted by atomic mass is 16.5. The minimum Gasteiger partial charge on any atom is -0.379 e. The summed E-state index contributed by atoms with van der Waals surface area (Å²) in [6.07, 6.45) is 7.51. The van der Waals surface area contributed by atoms with Crippen molar-refractivity contribution in [2.45, 2.75) is 57.9 Å². The lowest BCUT2D eigenvalue weighted by atomic mass is 9.53. The Bertz CT molecular complexity index is 787. The molecule has 4 saturated carbocycles. The third kappa shape index (κ3) is 5.29. The number of aryl methyl sites for hydroxylation is 1. The molecule has 1 aromatic carbocycles. The first-order valence-electron chi connectivity index (χ1n) is 11.9. The van der Waals surface area contributed by atoms with Crippen molar-refractivity contribution in [3.8, 4) is 0 Å². The molecule has 1 aromatic rings. The Morgan fingerprint density at radius 1 is 1.03 bits per heavy atom. The summed E-state index contributed by atoms with van der Waals surface area (Å²) in [5.41, 5.74) is 3.08. The molecule has 0 saturated heterocycles. The third-order valence-corrected chi connectivity index (χ3v) is 7.80. The van der Waals surface area contributed by atoms with E-state index in [9.17, 15) is 9.59 Å². The van der Waals surface area contributed by atoms with E-state index in [1.54, 1.807) is 7.11 Å². The van der Waals surface area contributed by atoms with E-state index in [0.29, 0.717) is 19.7 Å². The maximum absolute atomic E-state index is 13.0. The van der Waals surface area contributed by atoms with Crippen LogP contribution >= 0.6 is 0 Å². The Balaban J connectivity index is 1.34. The Morgan fingerprint density at radius 2 is 1.65 bits per heavy atom.